The van der Waals surface area contributed by atoms with E-state index < -0.39 is 5.54 Å². The molecule has 1 atom stereocenters. The van der Waals surface area contributed by atoms with E-state index in [1.807, 2.05) is 0 Å². The van der Waals surface area contributed by atoms with Crippen LogP contribution in [0.25, 0.3) is 0 Å². The minimum atomic E-state index is -0.765. The Morgan fingerprint density at radius 1 is 1.33 bits per heavy atom. The van der Waals surface area contributed by atoms with Crippen molar-refractivity contribution in [2.75, 3.05) is 0 Å². The molecule has 0 saturated heterocycles. The summed E-state index contributed by atoms with van der Waals surface area (Å²) < 4.78 is 0. The number of benzene rings is 1. The Hall–Kier alpha value is -1.33. The highest BCUT2D eigenvalue weighted by Gasteiger charge is 2.17. The van der Waals surface area contributed by atoms with Crippen molar-refractivity contribution in [2.24, 2.45) is 5.73 Å². The van der Waals surface area contributed by atoms with E-state index in [0.29, 0.717) is 12.3 Å². The van der Waals surface area contributed by atoms with Gasteiger partial charge >= 0.3 is 0 Å². The Morgan fingerprint density at radius 3 is 2.27 bits per heavy atom. The first-order chi connectivity index (χ1) is 6.94. The van der Waals surface area contributed by atoms with Gasteiger partial charge in [0, 0.05) is 6.42 Å². The molecule has 0 aliphatic rings. The molecule has 1 unspecified atom stereocenters. The third-order valence-corrected chi connectivity index (χ3v) is 2.47. The molecule has 2 nitrogen and oxygen atoms in total. The second kappa shape index (κ2) is 4.46. The molecule has 1 aromatic rings. The summed E-state index contributed by atoms with van der Waals surface area (Å²) in [5.41, 5.74) is 7.45. The van der Waals surface area contributed by atoms with E-state index in [2.05, 4.69) is 44.2 Å². The smallest absolute Gasteiger partial charge is 0.105 e. The summed E-state index contributed by atoms with van der Waals surface area (Å²) >= 11 is 0. The molecular formula is C13H18N2. The lowest BCUT2D eigenvalue weighted by molar-refractivity contribution is 0.596. The summed E-state index contributed by atoms with van der Waals surface area (Å²) in [6.45, 7) is 6.08. The molecule has 0 bridgehead atoms. The fraction of sp³-hybridized carbons (Fsp3) is 0.462. The van der Waals surface area contributed by atoms with E-state index in [1.54, 1.807) is 6.92 Å². The maximum Gasteiger partial charge on any atom is 0.105 e. The first kappa shape index (κ1) is 11.7. The summed E-state index contributed by atoms with van der Waals surface area (Å²) in [7, 11) is 0. The van der Waals surface area contributed by atoms with Gasteiger partial charge in [-0.3, -0.25) is 0 Å². The van der Waals surface area contributed by atoms with Crippen molar-refractivity contribution in [3.8, 4) is 6.07 Å². The van der Waals surface area contributed by atoms with Crippen LogP contribution in [0.4, 0.5) is 0 Å². The zero-order valence-electron chi connectivity index (χ0n) is 9.62. The van der Waals surface area contributed by atoms with Crippen LogP contribution in [0, 0.1) is 11.3 Å². The van der Waals surface area contributed by atoms with Crippen LogP contribution in [0.3, 0.4) is 0 Å². The number of nitriles is 1. The molecule has 0 fully saturated rings. The zero-order chi connectivity index (χ0) is 11.5. The van der Waals surface area contributed by atoms with Crippen LogP contribution in [0.15, 0.2) is 24.3 Å². The van der Waals surface area contributed by atoms with Gasteiger partial charge in [-0.15, -0.1) is 0 Å². The van der Waals surface area contributed by atoms with Crippen molar-refractivity contribution < 1.29 is 0 Å². The second-order valence-corrected chi connectivity index (χ2v) is 4.60. The maximum atomic E-state index is 8.82. The van der Waals surface area contributed by atoms with Crippen LogP contribution in [-0.4, -0.2) is 5.54 Å². The van der Waals surface area contributed by atoms with Gasteiger partial charge in [-0.1, -0.05) is 38.1 Å². The van der Waals surface area contributed by atoms with Crippen LogP contribution < -0.4 is 5.73 Å². The van der Waals surface area contributed by atoms with E-state index in [-0.39, 0.29) is 0 Å². The molecule has 0 radical (unpaired) electrons. The molecular weight excluding hydrogens is 184 g/mol. The summed E-state index contributed by atoms with van der Waals surface area (Å²) in [5.74, 6) is 0.541. The summed E-state index contributed by atoms with van der Waals surface area (Å²) in [4.78, 5) is 0. The Kier molecular flexibility index (Phi) is 3.49. The lowest BCUT2D eigenvalue weighted by atomic mass is 9.93. The molecule has 15 heavy (non-hydrogen) atoms. The topological polar surface area (TPSA) is 49.8 Å². The van der Waals surface area contributed by atoms with E-state index in [1.165, 1.54) is 5.56 Å². The van der Waals surface area contributed by atoms with Crippen LogP contribution in [0.1, 0.15) is 37.8 Å². The molecule has 0 amide bonds. The van der Waals surface area contributed by atoms with Crippen LogP contribution >= 0.6 is 0 Å². The predicted molar refractivity (Wildman–Crippen MR) is 62.4 cm³/mol. The van der Waals surface area contributed by atoms with Crippen molar-refractivity contribution in [3.63, 3.8) is 0 Å². The molecule has 0 aliphatic heterocycles. The fourth-order valence-corrected chi connectivity index (χ4v) is 1.48. The fourth-order valence-electron chi connectivity index (χ4n) is 1.48. The SMILES string of the molecule is CC(C)c1ccc(CC(C)(N)C#N)cc1. The molecule has 2 N–H and O–H groups in total. The number of hydrogen-bond acceptors (Lipinski definition) is 2. The average molecular weight is 202 g/mol. The largest absolute Gasteiger partial charge is 0.313 e. The standard InChI is InChI=1S/C13H18N2/c1-10(2)12-6-4-11(5-7-12)8-13(3,15)9-14/h4-7,10H,8,15H2,1-3H3. The third kappa shape index (κ3) is 3.38. The van der Waals surface area contributed by atoms with Gasteiger partial charge in [0.1, 0.15) is 5.54 Å². The molecule has 0 aliphatic carbocycles. The number of rotatable bonds is 3. The number of nitrogens with two attached hydrogens (primary N) is 1. The van der Waals surface area contributed by atoms with Gasteiger partial charge in [-0.05, 0) is 24.0 Å². The van der Waals surface area contributed by atoms with Crippen molar-refractivity contribution in [1.29, 1.82) is 5.26 Å². The van der Waals surface area contributed by atoms with Crippen molar-refractivity contribution in [1.82, 2.24) is 0 Å². The van der Waals surface area contributed by atoms with Gasteiger partial charge < -0.3 is 5.73 Å². The Morgan fingerprint density at radius 2 is 1.87 bits per heavy atom. The van der Waals surface area contributed by atoms with E-state index >= 15 is 0 Å². The first-order valence-corrected chi connectivity index (χ1v) is 5.23. The average Bonchev–Trinajstić information content (AvgIpc) is 2.18. The Bertz CT molecular complexity index is 355. The van der Waals surface area contributed by atoms with E-state index in [0.717, 1.165) is 5.56 Å². The minimum absolute atomic E-state index is 0.541. The molecule has 0 heterocycles. The first-order valence-electron chi connectivity index (χ1n) is 5.23. The second-order valence-electron chi connectivity index (χ2n) is 4.60. The summed E-state index contributed by atoms with van der Waals surface area (Å²) in [6, 6.07) is 10.4. The van der Waals surface area contributed by atoms with Crippen LogP contribution in [0.5, 0.6) is 0 Å². The third-order valence-electron chi connectivity index (χ3n) is 2.47. The molecule has 1 aromatic carbocycles. The van der Waals surface area contributed by atoms with Crippen molar-refractivity contribution >= 4 is 0 Å². The number of hydrogen-bond donors (Lipinski definition) is 1. The molecule has 0 saturated carbocycles. The maximum absolute atomic E-state index is 8.82. The summed E-state index contributed by atoms with van der Waals surface area (Å²) in [5, 5.41) is 8.82. The lowest BCUT2D eigenvalue weighted by Crippen LogP contribution is -2.36. The van der Waals surface area contributed by atoms with Crippen LogP contribution in [0.2, 0.25) is 0 Å². The Balaban J connectivity index is 2.78. The molecule has 2 heteroatoms. The van der Waals surface area contributed by atoms with Gasteiger partial charge in [0.15, 0.2) is 0 Å². The highest BCUT2D eigenvalue weighted by atomic mass is 14.7. The van der Waals surface area contributed by atoms with Gasteiger partial charge in [-0.25, -0.2) is 0 Å². The molecule has 1 rings (SSSR count). The van der Waals surface area contributed by atoms with E-state index in [9.17, 15) is 0 Å². The Labute approximate surface area is 91.7 Å². The van der Waals surface area contributed by atoms with Gasteiger partial charge in [0.05, 0.1) is 6.07 Å². The van der Waals surface area contributed by atoms with E-state index in [4.69, 9.17) is 11.0 Å². The van der Waals surface area contributed by atoms with Gasteiger partial charge in [0.2, 0.25) is 0 Å². The predicted octanol–water partition coefficient (Wildman–Crippen LogP) is 2.59. The van der Waals surface area contributed by atoms with Gasteiger partial charge in [0.25, 0.3) is 0 Å². The highest BCUT2D eigenvalue weighted by Crippen LogP contribution is 2.16. The number of nitrogens with zero attached hydrogens (tertiary/aromatic N) is 1. The quantitative estimate of drug-likeness (QED) is 0.819. The summed E-state index contributed by atoms with van der Waals surface area (Å²) in [6.07, 6.45) is 0.599. The van der Waals surface area contributed by atoms with Crippen molar-refractivity contribution in [3.05, 3.63) is 35.4 Å². The van der Waals surface area contributed by atoms with Gasteiger partial charge in [-0.2, -0.15) is 5.26 Å². The monoisotopic (exact) mass is 202 g/mol. The van der Waals surface area contributed by atoms with Crippen LogP contribution in [-0.2, 0) is 6.42 Å². The normalized spacial score (nSPS) is 14.7. The molecule has 0 aromatic heterocycles. The highest BCUT2D eigenvalue weighted by molar-refractivity contribution is 5.27. The zero-order valence-corrected chi connectivity index (χ0v) is 9.62. The lowest BCUT2D eigenvalue weighted by Gasteiger charge is -2.15. The van der Waals surface area contributed by atoms with Crippen molar-refractivity contribution in [2.45, 2.75) is 38.6 Å². The molecule has 80 valence electrons. The molecule has 0 spiro atoms. The minimum Gasteiger partial charge on any atom is -0.313 e.